The first-order valence-corrected chi connectivity index (χ1v) is 8.23. The Bertz CT molecular complexity index is 779. The Morgan fingerprint density at radius 2 is 1.80 bits per heavy atom. The van der Waals surface area contributed by atoms with E-state index in [1.807, 2.05) is 6.92 Å². The number of aromatic nitrogens is 1. The van der Waals surface area contributed by atoms with Gasteiger partial charge < -0.3 is 14.6 Å². The second-order valence-electron chi connectivity index (χ2n) is 6.10. The number of nitrogens with one attached hydrogen (secondary N) is 1. The zero-order valence-electron chi connectivity index (χ0n) is 15.1. The molecule has 134 valence electrons. The standard InChI is InChI=1S/C19H23FN2O3/c1-6-22(15-9-7-14(20)8-10-15)18(23)17-12(4)16(13(5)21-17)19(24)25-11(2)3/h7-11,21H,6H2,1-5H3. The van der Waals surface area contributed by atoms with Crippen molar-refractivity contribution < 1.29 is 18.7 Å². The van der Waals surface area contributed by atoms with E-state index in [9.17, 15) is 14.0 Å². The maximum atomic E-state index is 13.1. The molecule has 2 rings (SSSR count). The monoisotopic (exact) mass is 346 g/mol. The van der Waals surface area contributed by atoms with E-state index in [2.05, 4.69) is 4.98 Å². The third kappa shape index (κ3) is 3.90. The van der Waals surface area contributed by atoms with Crippen LogP contribution in [-0.4, -0.2) is 29.5 Å². The average Bonchev–Trinajstić information content (AvgIpc) is 2.83. The van der Waals surface area contributed by atoms with Crippen molar-refractivity contribution >= 4 is 17.6 Å². The Hall–Kier alpha value is -2.63. The number of halogens is 1. The Morgan fingerprint density at radius 1 is 1.20 bits per heavy atom. The van der Waals surface area contributed by atoms with Gasteiger partial charge in [-0.15, -0.1) is 0 Å². The normalized spacial score (nSPS) is 10.8. The van der Waals surface area contributed by atoms with Gasteiger partial charge in [0.15, 0.2) is 0 Å². The fourth-order valence-corrected chi connectivity index (χ4v) is 2.74. The largest absolute Gasteiger partial charge is 0.459 e. The van der Waals surface area contributed by atoms with Crippen LogP contribution in [0.4, 0.5) is 10.1 Å². The van der Waals surface area contributed by atoms with Crippen molar-refractivity contribution in [3.8, 4) is 0 Å². The molecule has 1 N–H and O–H groups in total. The average molecular weight is 346 g/mol. The fourth-order valence-electron chi connectivity index (χ4n) is 2.74. The number of amides is 1. The zero-order chi connectivity index (χ0) is 18.7. The van der Waals surface area contributed by atoms with Crippen LogP contribution < -0.4 is 4.90 Å². The maximum absolute atomic E-state index is 13.1. The van der Waals surface area contributed by atoms with Gasteiger partial charge in [-0.2, -0.15) is 0 Å². The van der Waals surface area contributed by atoms with E-state index in [0.717, 1.165) is 0 Å². The second-order valence-corrected chi connectivity index (χ2v) is 6.10. The van der Waals surface area contributed by atoms with Crippen LogP contribution in [0.2, 0.25) is 0 Å². The summed E-state index contributed by atoms with van der Waals surface area (Å²) in [6.45, 7) is 9.23. The van der Waals surface area contributed by atoms with E-state index in [0.29, 0.717) is 34.7 Å². The molecule has 0 bridgehead atoms. The van der Waals surface area contributed by atoms with Gasteiger partial charge in [0.05, 0.1) is 11.7 Å². The van der Waals surface area contributed by atoms with Crippen LogP contribution in [0.25, 0.3) is 0 Å². The number of hydrogen-bond acceptors (Lipinski definition) is 3. The fraction of sp³-hybridized carbons (Fsp3) is 0.368. The van der Waals surface area contributed by atoms with Gasteiger partial charge in [0.1, 0.15) is 11.5 Å². The number of hydrogen-bond donors (Lipinski definition) is 1. The van der Waals surface area contributed by atoms with Crippen molar-refractivity contribution in [3.63, 3.8) is 0 Å². The third-order valence-electron chi connectivity index (χ3n) is 3.90. The van der Waals surface area contributed by atoms with Crippen molar-refractivity contribution in [3.05, 3.63) is 52.6 Å². The van der Waals surface area contributed by atoms with Crippen LogP contribution in [0.5, 0.6) is 0 Å². The zero-order valence-corrected chi connectivity index (χ0v) is 15.1. The number of nitrogens with zero attached hydrogens (tertiary/aromatic N) is 1. The molecule has 6 heteroatoms. The minimum absolute atomic E-state index is 0.244. The Balaban J connectivity index is 2.38. The highest BCUT2D eigenvalue weighted by Crippen LogP contribution is 2.23. The molecule has 0 radical (unpaired) electrons. The van der Waals surface area contributed by atoms with Crippen molar-refractivity contribution in [2.45, 2.75) is 40.7 Å². The molecular formula is C19H23FN2O3. The van der Waals surface area contributed by atoms with Crippen LogP contribution in [0.1, 0.15) is 52.9 Å². The molecule has 0 aliphatic carbocycles. The first kappa shape index (κ1) is 18.7. The SMILES string of the molecule is CCN(C(=O)c1[nH]c(C)c(C(=O)OC(C)C)c1C)c1ccc(F)cc1. The number of carbonyl (C=O) groups is 2. The van der Waals surface area contributed by atoms with Crippen molar-refractivity contribution in [1.82, 2.24) is 4.98 Å². The Morgan fingerprint density at radius 3 is 2.32 bits per heavy atom. The highest BCUT2D eigenvalue weighted by molar-refractivity contribution is 6.08. The van der Waals surface area contributed by atoms with E-state index >= 15 is 0 Å². The molecule has 0 aliphatic rings. The summed E-state index contributed by atoms with van der Waals surface area (Å²) in [4.78, 5) is 29.7. The molecule has 0 fully saturated rings. The third-order valence-corrected chi connectivity index (χ3v) is 3.90. The molecule has 2 aromatic rings. The molecule has 5 nitrogen and oxygen atoms in total. The van der Waals surface area contributed by atoms with Gasteiger partial charge in [-0.3, -0.25) is 4.79 Å². The van der Waals surface area contributed by atoms with Gasteiger partial charge in [0, 0.05) is 17.9 Å². The smallest absolute Gasteiger partial charge is 0.340 e. The lowest BCUT2D eigenvalue weighted by atomic mass is 10.1. The maximum Gasteiger partial charge on any atom is 0.340 e. The topological polar surface area (TPSA) is 62.4 Å². The highest BCUT2D eigenvalue weighted by Gasteiger charge is 2.26. The summed E-state index contributed by atoms with van der Waals surface area (Å²) in [7, 11) is 0. The van der Waals surface area contributed by atoms with Crippen LogP contribution in [0, 0.1) is 19.7 Å². The summed E-state index contributed by atoms with van der Waals surface area (Å²) in [5, 5.41) is 0. The van der Waals surface area contributed by atoms with Crippen LogP contribution in [0.15, 0.2) is 24.3 Å². The van der Waals surface area contributed by atoms with Gasteiger partial charge in [0.25, 0.3) is 5.91 Å². The predicted molar refractivity (Wildman–Crippen MR) is 94.6 cm³/mol. The first-order chi connectivity index (χ1) is 11.8. The number of benzene rings is 1. The lowest BCUT2D eigenvalue weighted by Gasteiger charge is -2.21. The Kier molecular flexibility index (Phi) is 5.62. The molecule has 25 heavy (non-hydrogen) atoms. The van der Waals surface area contributed by atoms with Gasteiger partial charge in [0.2, 0.25) is 0 Å². The van der Waals surface area contributed by atoms with E-state index < -0.39 is 5.97 Å². The molecule has 0 spiro atoms. The van der Waals surface area contributed by atoms with Crippen molar-refractivity contribution in [2.75, 3.05) is 11.4 Å². The van der Waals surface area contributed by atoms with Gasteiger partial charge in [-0.1, -0.05) is 0 Å². The van der Waals surface area contributed by atoms with E-state index in [-0.39, 0.29) is 17.8 Å². The summed E-state index contributed by atoms with van der Waals surface area (Å²) in [5.74, 6) is -1.10. The second kappa shape index (κ2) is 7.51. The molecule has 0 saturated carbocycles. The highest BCUT2D eigenvalue weighted by atomic mass is 19.1. The number of H-pyrrole nitrogens is 1. The number of anilines is 1. The summed E-state index contributed by atoms with van der Waals surface area (Å²) in [6, 6.07) is 5.72. The molecule has 0 atom stereocenters. The molecule has 0 aliphatic heterocycles. The number of ether oxygens (including phenoxy) is 1. The number of esters is 1. The molecule has 1 heterocycles. The number of aromatic amines is 1. The van der Waals surface area contributed by atoms with Gasteiger partial charge in [-0.05, 0) is 64.4 Å². The number of rotatable bonds is 5. The quantitative estimate of drug-likeness (QED) is 0.832. The lowest BCUT2D eigenvalue weighted by Crippen LogP contribution is -2.31. The van der Waals surface area contributed by atoms with Gasteiger partial charge in [-0.25, -0.2) is 9.18 Å². The molecule has 1 aromatic carbocycles. The number of aryl methyl sites for hydroxylation is 1. The van der Waals surface area contributed by atoms with Crippen molar-refractivity contribution in [1.29, 1.82) is 0 Å². The van der Waals surface area contributed by atoms with Crippen LogP contribution in [-0.2, 0) is 4.74 Å². The first-order valence-electron chi connectivity index (χ1n) is 8.23. The Labute approximate surface area is 146 Å². The lowest BCUT2D eigenvalue weighted by molar-refractivity contribution is 0.0376. The minimum Gasteiger partial charge on any atom is -0.459 e. The van der Waals surface area contributed by atoms with Crippen LogP contribution in [0.3, 0.4) is 0 Å². The predicted octanol–water partition coefficient (Wildman–Crippen LogP) is 4.00. The molecule has 1 amide bonds. The number of carbonyl (C=O) groups excluding carboxylic acids is 2. The summed E-state index contributed by atoms with van der Waals surface area (Å²) < 4.78 is 18.4. The summed E-state index contributed by atoms with van der Waals surface area (Å²) in [5.41, 5.74) is 2.44. The summed E-state index contributed by atoms with van der Waals surface area (Å²) >= 11 is 0. The minimum atomic E-state index is -0.454. The molecule has 0 saturated heterocycles. The molecule has 0 unspecified atom stereocenters. The molecular weight excluding hydrogens is 323 g/mol. The summed E-state index contributed by atoms with van der Waals surface area (Å²) in [6.07, 6.45) is -0.244. The molecule has 1 aromatic heterocycles. The van der Waals surface area contributed by atoms with E-state index in [4.69, 9.17) is 4.74 Å². The van der Waals surface area contributed by atoms with E-state index in [1.165, 1.54) is 17.0 Å². The van der Waals surface area contributed by atoms with E-state index in [1.54, 1.807) is 39.8 Å². The van der Waals surface area contributed by atoms with Crippen LogP contribution >= 0.6 is 0 Å². The van der Waals surface area contributed by atoms with Crippen molar-refractivity contribution in [2.24, 2.45) is 0 Å². The van der Waals surface area contributed by atoms with Gasteiger partial charge >= 0.3 is 5.97 Å².